The Balaban J connectivity index is 2.42. The van der Waals surface area contributed by atoms with Crippen LogP contribution >= 0.6 is 0 Å². The van der Waals surface area contributed by atoms with Gasteiger partial charge in [-0.15, -0.1) is 0 Å². The largest absolute Gasteiger partial charge is 0.508 e. The lowest BCUT2D eigenvalue weighted by Gasteiger charge is -2.27. The van der Waals surface area contributed by atoms with Crippen LogP contribution in [-0.4, -0.2) is 159 Å². The molecule has 0 unspecified atom stereocenters. The molecule has 2 aromatic rings. The number of nitrogens with one attached hydrogen (secondary N) is 8. The highest BCUT2D eigenvalue weighted by molar-refractivity contribution is 6.01. The molecule has 0 spiro atoms. The average molecular weight is 1110 g/mol. The third-order valence-corrected chi connectivity index (χ3v) is 11.4. The Kier molecular flexibility index (Phi) is 27.0. The quantitative estimate of drug-likeness (QED) is 0.0305. The minimum absolute atomic E-state index is 0.142. The summed E-state index contributed by atoms with van der Waals surface area (Å²) in [5.41, 5.74) is 33.3. The van der Waals surface area contributed by atoms with Gasteiger partial charge in [-0.3, -0.25) is 62.3 Å². The number of hydrogen-bond acceptors (Lipinski definition) is 17. The maximum Gasteiger partial charge on any atom is 0.326 e. The summed E-state index contributed by atoms with van der Waals surface area (Å²) in [4.78, 5) is 181. The number of aliphatic hydroxyl groups is 1. The lowest BCUT2D eigenvalue weighted by Crippen LogP contribution is -2.61. The molecule has 31 heteroatoms. The van der Waals surface area contributed by atoms with Crippen molar-refractivity contribution in [1.82, 2.24) is 42.5 Å². The van der Waals surface area contributed by atoms with Crippen molar-refractivity contribution in [3.05, 3.63) is 65.7 Å². The van der Waals surface area contributed by atoms with Crippen molar-refractivity contribution in [2.75, 3.05) is 6.61 Å². The fourth-order valence-corrected chi connectivity index (χ4v) is 7.23. The summed E-state index contributed by atoms with van der Waals surface area (Å²) in [6, 6.07) is -2.30. The van der Waals surface area contributed by atoms with Crippen molar-refractivity contribution >= 4 is 82.8 Å². The van der Waals surface area contributed by atoms with Crippen LogP contribution in [0.1, 0.15) is 69.9 Å². The predicted octanol–water partition coefficient (Wildman–Crippen LogP) is -7.73. The molecule has 9 atom stereocenters. The van der Waals surface area contributed by atoms with Crippen LogP contribution in [0, 0.1) is 5.92 Å². The van der Waals surface area contributed by atoms with Crippen molar-refractivity contribution in [3.8, 4) is 5.75 Å². The fourth-order valence-electron chi connectivity index (χ4n) is 7.23. The topological polar surface area (TPSA) is 552 Å². The second-order valence-corrected chi connectivity index (χ2v) is 18.4. The molecule has 0 aliphatic rings. The van der Waals surface area contributed by atoms with E-state index in [9.17, 15) is 82.4 Å². The van der Waals surface area contributed by atoms with Crippen molar-refractivity contribution in [1.29, 1.82) is 0 Å². The molecule has 0 bridgehead atoms. The van der Waals surface area contributed by atoms with Gasteiger partial charge >= 0.3 is 5.97 Å². The van der Waals surface area contributed by atoms with E-state index in [0.717, 1.165) is 0 Å². The summed E-state index contributed by atoms with van der Waals surface area (Å²) in [7, 11) is 0. The van der Waals surface area contributed by atoms with Gasteiger partial charge in [-0.2, -0.15) is 0 Å². The molecule has 2 aromatic carbocycles. The first-order valence-electron chi connectivity index (χ1n) is 24.3. The Hall–Kier alpha value is -9.26. The number of aliphatic carboxylic acids is 1. The molecule has 79 heavy (non-hydrogen) atoms. The van der Waals surface area contributed by atoms with Crippen LogP contribution < -0.4 is 76.9 Å². The van der Waals surface area contributed by atoms with Gasteiger partial charge in [0.2, 0.25) is 76.8 Å². The summed E-state index contributed by atoms with van der Waals surface area (Å²) in [5.74, 6) is -17.3. The maximum absolute atomic E-state index is 13.9. The van der Waals surface area contributed by atoms with Crippen molar-refractivity contribution in [2.45, 2.75) is 126 Å². The molecule has 0 saturated heterocycles. The smallest absolute Gasteiger partial charge is 0.326 e. The highest BCUT2D eigenvalue weighted by Crippen LogP contribution is 2.13. The minimum atomic E-state index is -2.05. The maximum atomic E-state index is 13.9. The number of phenolic OH excluding ortho intramolecular Hbond substituents is 1. The Morgan fingerprint density at radius 2 is 0.772 bits per heavy atom. The van der Waals surface area contributed by atoms with E-state index >= 15 is 0 Å². The molecule has 0 radical (unpaired) electrons. The van der Waals surface area contributed by atoms with Gasteiger partial charge in [-0.25, -0.2) is 4.79 Å². The Bertz CT molecular complexity index is 2550. The number of aliphatic hydroxyl groups excluding tert-OH is 1. The first kappa shape index (κ1) is 65.9. The zero-order valence-corrected chi connectivity index (χ0v) is 43.1. The lowest BCUT2D eigenvalue weighted by atomic mass is 10.0. The molecule has 432 valence electrons. The molecule has 0 aliphatic carbocycles. The summed E-state index contributed by atoms with van der Waals surface area (Å²) >= 11 is 0. The van der Waals surface area contributed by atoms with Gasteiger partial charge in [0.1, 0.15) is 54.1 Å². The van der Waals surface area contributed by atoms with Gasteiger partial charge in [0.25, 0.3) is 0 Å². The molecule has 0 aliphatic heterocycles. The Morgan fingerprint density at radius 1 is 0.430 bits per heavy atom. The number of carboxylic acids is 1. The summed E-state index contributed by atoms with van der Waals surface area (Å²) in [6.07, 6.45) is -5.34. The number of aromatic hydroxyl groups is 1. The van der Waals surface area contributed by atoms with E-state index in [1.165, 1.54) is 38.1 Å². The van der Waals surface area contributed by atoms with Crippen LogP contribution in [0.4, 0.5) is 0 Å². The highest BCUT2D eigenvalue weighted by atomic mass is 16.4. The number of phenols is 1. The van der Waals surface area contributed by atoms with Crippen molar-refractivity contribution in [3.63, 3.8) is 0 Å². The molecule has 23 N–H and O–H groups in total. The fraction of sp³-hybridized carbons (Fsp3) is 0.458. The molecule has 0 heterocycles. The third kappa shape index (κ3) is 24.1. The number of nitrogens with two attached hydrogens (primary N) is 6. The number of benzene rings is 2. The summed E-state index contributed by atoms with van der Waals surface area (Å²) < 4.78 is 0. The third-order valence-electron chi connectivity index (χ3n) is 11.4. The molecule has 31 nitrogen and oxygen atoms in total. The van der Waals surface area contributed by atoms with Gasteiger partial charge in [0.15, 0.2) is 0 Å². The number of hydrogen-bond donors (Lipinski definition) is 17. The number of carboxylic acid groups (broad SMARTS) is 1. The number of carbonyl (C=O) groups is 14. The lowest BCUT2D eigenvalue weighted by molar-refractivity contribution is -0.143. The summed E-state index contributed by atoms with van der Waals surface area (Å²) in [5, 5.41) is 47.4. The molecule has 2 rings (SSSR count). The predicted molar refractivity (Wildman–Crippen MR) is 273 cm³/mol. The van der Waals surface area contributed by atoms with Crippen LogP contribution in [0.3, 0.4) is 0 Å². The first-order valence-corrected chi connectivity index (χ1v) is 24.3. The summed E-state index contributed by atoms with van der Waals surface area (Å²) in [6.45, 7) is 1.85. The van der Waals surface area contributed by atoms with Crippen LogP contribution in [0.2, 0.25) is 0 Å². The average Bonchev–Trinajstić information content (AvgIpc) is 3.36. The van der Waals surface area contributed by atoms with Crippen LogP contribution in [0.5, 0.6) is 5.75 Å². The van der Waals surface area contributed by atoms with E-state index in [4.69, 9.17) is 34.4 Å². The van der Waals surface area contributed by atoms with Crippen LogP contribution in [0.15, 0.2) is 54.6 Å². The molecule has 0 saturated carbocycles. The van der Waals surface area contributed by atoms with E-state index in [0.29, 0.717) is 11.1 Å². The van der Waals surface area contributed by atoms with Crippen LogP contribution in [0.25, 0.3) is 0 Å². The van der Waals surface area contributed by atoms with Gasteiger partial charge in [-0.05, 0) is 42.0 Å². The number of amides is 13. The van der Waals surface area contributed by atoms with Crippen LogP contribution in [-0.2, 0) is 80.0 Å². The van der Waals surface area contributed by atoms with Gasteiger partial charge < -0.3 is 92.3 Å². The van der Waals surface area contributed by atoms with E-state index in [2.05, 4.69) is 42.5 Å². The van der Waals surface area contributed by atoms with E-state index < -0.39 is 182 Å². The highest BCUT2D eigenvalue weighted by Gasteiger charge is 2.37. The van der Waals surface area contributed by atoms with Gasteiger partial charge in [-0.1, -0.05) is 56.3 Å². The zero-order chi connectivity index (χ0) is 59.7. The Morgan fingerprint density at radius 3 is 1.18 bits per heavy atom. The second-order valence-electron chi connectivity index (χ2n) is 18.4. The SMILES string of the molecule is CC(C)[C@H](NC(=O)[C@H](Cc1ccccc1)NC(=O)[C@H](CC(N)=O)NC(=O)[C@H](CC(N)=O)NC(=O)[C@H](CCC(N)=O)NC(=O)[C@H](CC(N)=O)NC(=O)[C@H](CO)NC(=O)[C@H](Cc1ccc(O)cc1)NC(=O)[C@@H](N)CCC(N)=O)C(=O)O. The van der Waals surface area contributed by atoms with Crippen molar-refractivity contribution in [2.24, 2.45) is 40.3 Å². The normalized spacial score (nSPS) is 14.3. The second kappa shape index (κ2) is 32.4. The zero-order valence-electron chi connectivity index (χ0n) is 43.1. The molecule has 13 amide bonds. The van der Waals surface area contributed by atoms with Crippen molar-refractivity contribution < 1.29 is 82.4 Å². The minimum Gasteiger partial charge on any atom is -0.508 e. The molecular formula is C48H68N14O17. The van der Waals surface area contributed by atoms with Gasteiger partial charge in [0, 0.05) is 25.7 Å². The van der Waals surface area contributed by atoms with E-state index in [1.54, 1.807) is 30.3 Å². The number of rotatable bonds is 35. The van der Waals surface area contributed by atoms with E-state index in [-0.39, 0.29) is 31.4 Å². The monoisotopic (exact) mass is 1110 g/mol. The number of primary amides is 5. The number of carbonyl (C=O) groups excluding carboxylic acids is 13. The molecular weight excluding hydrogens is 1040 g/mol. The van der Waals surface area contributed by atoms with E-state index in [1.807, 2.05) is 0 Å². The molecule has 0 fully saturated rings. The first-order chi connectivity index (χ1) is 37.0. The Labute approximate surface area is 451 Å². The standard InChI is InChI=1S/C48H68N14O17/c1-22(2)39(48(78)79)62-46(76)29(16-23-6-4-3-5-7-23)57-44(74)32(20-38(54)69)59-45(75)31(19-37(53)68)58-41(71)27(13-15-35(51)66)55-43(73)30(18-36(52)67)60-47(77)33(21-63)61-42(72)28(17-24-8-10-25(64)11-9-24)56-40(70)26(49)12-14-34(50)65/h3-11,22,26-33,39,63-64H,12-21,49H2,1-2H3,(H2,50,65)(H2,51,66)(H2,52,67)(H2,53,68)(H2,54,69)(H,55,73)(H,56,70)(H,57,74)(H,58,71)(H,59,75)(H,60,77)(H,61,72)(H,62,76)(H,78,79)/t26-,27-,28-,29-,30-,31-,32-,33-,39-/m0/s1. The molecule has 0 aromatic heterocycles. The van der Waals surface area contributed by atoms with Gasteiger partial charge in [0.05, 0.1) is 31.9 Å².